The van der Waals surface area contributed by atoms with Crippen molar-refractivity contribution in [1.82, 2.24) is 0 Å². The fourth-order valence-electron chi connectivity index (χ4n) is 1.93. The molecule has 2 heteroatoms. The standard InChI is InChI=1S/C12H14Cl2/c1-9(13)12(5-6-12)8-10-3-2-4-11(14)7-10/h2-4,7,9H,5-6,8H2,1H3. The van der Waals surface area contributed by atoms with Crippen LogP contribution in [0.4, 0.5) is 0 Å². The van der Waals surface area contributed by atoms with Gasteiger partial charge in [0.15, 0.2) is 0 Å². The van der Waals surface area contributed by atoms with Crippen molar-refractivity contribution in [1.29, 1.82) is 0 Å². The molecule has 2 rings (SSSR count). The molecule has 1 fully saturated rings. The highest BCUT2D eigenvalue weighted by atomic mass is 35.5. The summed E-state index contributed by atoms with van der Waals surface area (Å²) >= 11 is 12.1. The number of alkyl halides is 1. The normalized spacial score (nSPS) is 20.5. The Balaban J connectivity index is 2.11. The summed E-state index contributed by atoms with van der Waals surface area (Å²) in [5.41, 5.74) is 1.66. The van der Waals surface area contributed by atoms with Gasteiger partial charge in [-0.25, -0.2) is 0 Å². The van der Waals surface area contributed by atoms with Crippen LogP contribution in [-0.2, 0) is 6.42 Å². The van der Waals surface area contributed by atoms with Crippen LogP contribution in [0.15, 0.2) is 24.3 Å². The predicted octanol–water partition coefficient (Wildman–Crippen LogP) is 4.29. The van der Waals surface area contributed by atoms with Gasteiger partial charge in [0.1, 0.15) is 0 Å². The molecule has 0 heterocycles. The van der Waals surface area contributed by atoms with E-state index in [9.17, 15) is 0 Å². The summed E-state index contributed by atoms with van der Waals surface area (Å²) in [4.78, 5) is 0. The molecule has 0 aliphatic heterocycles. The first kappa shape index (κ1) is 10.3. The molecule has 1 atom stereocenters. The van der Waals surface area contributed by atoms with Crippen LogP contribution in [0.5, 0.6) is 0 Å². The minimum absolute atomic E-state index is 0.265. The number of rotatable bonds is 3. The summed E-state index contributed by atoms with van der Waals surface area (Å²) in [7, 11) is 0. The van der Waals surface area contributed by atoms with Crippen molar-refractivity contribution < 1.29 is 0 Å². The molecular weight excluding hydrogens is 215 g/mol. The maximum absolute atomic E-state index is 6.19. The Bertz CT molecular complexity index is 327. The van der Waals surface area contributed by atoms with Gasteiger partial charge in [-0.15, -0.1) is 11.6 Å². The molecule has 1 aliphatic rings. The van der Waals surface area contributed by atoms with Crippen molar-refractivity contribution in [3.05, 3.63) is 34.9 Å². The molecule has 76 valence electrons. The second-order valence-electron chi connectivity index (χ2n) is 4.29. The summed E-state index contributed by atoms with van der Waals surface area (Å²) in [5.74, 6) is 0. The van der Waals surface area contributed by atoms with Crippen molar-refractivity contribution in [2.45, 2.75) is 31.6 Å². The molecule has 0 saturated heterocycles. The second kappa shape index (κ2) is 3.75. The highest BCUT2D eigenvalue weighted by Gasteiger charge is 2.46. The van der Waals surface area contributed by atoms with Gasteiger partial charge in [-0.3, -0.25) is 0 Å². The monoisotopic (exact) mass is 228 g/mol. The highest BCUT2D eigenvalue weighted by Crippen LogP contribution is 2.53. The van der Waals surface area contributed by atoms with Crippen molar-refractivity contribution in [2.75, 3.05) is 0 Å². The van der Waals surface area contributed by atoms with Crippen LogP contribution in [0, 0.1) is 5.41 Å². The molecule has 0 spiro atoms. The molecule has 1 aromatic rings. The highest BCUT2D eigenvalue weighted by molar-refractivity contribution is 6.30. The van der Waals surface area contributed by atoms with Gasteiger partial charge in [0.2, 0.25) is 0 Å². The van der Waals surface area contributed by atoms with Crippen LogP contribution in [-0.4, -0.2) is 5.38 Å². The summed E-state index contributed by atoms with van der Waals surface area (Å²) < 4.78 is 0. The number of benzene rings is 1. The van der Waals surface area contributed by atoms with Crippen LogP contribution >= 0.6 is 23.2 Å². The van der Waals surface area contributed by atoms with E-state index in [2.05, 4.69) is 13.0 Å². The zero-order valence-electron chi connectivity index (χ0n) is 8.26. The Hall–Kier alpha value is -0.200. The van der Waals surface area contributed by atoms with Crippen LogP contribution in [0.2, 0.25) is 5.02 Å². The van der Waals surface area contributed by atoms with Gasteiger partial charge in [0, 0.05) is 10.4 Å². The van der Waals surface area contributed by atoms with Crippen LogP contribution in [0.25, 0.3) is 0 Å². The molecule has 1 aromatic carbocycles. The SMILES string of the molecule is CC(Cl)C1(Cc2cccc(Cl)c2)CC1. The lowest BCUT2D eigenvalue weighted by Gasteiger charge is -2.17. The van der Waals surface area contributed by atoms with Gasteiger partial charge in [-0.2, -0.15) is 0 Å². The quantitative estimate of drug-likeness (QED) is 0.678. The molecule has 0 aromatic heterocycles. The van der Waals surface area contributed by atoms with E-state index in [4.69, 9.17) is 23.2 Å². The lowest BCUT2D eigenvalue weighted by molar-refractivity contribution is 0.496. The van der Waals surface area contributed by atoms with Crippen LogP contribution < -0.4 is 0 Å². The Morgan fingerprint density at radius 2 is 2.14 bits per heavy atom. The summed E-state index contributed by atoms with van der Waals surface area (Å²) in [5, 5.41) is 1.09. The van der Waals surface area contributed by atoms with Crippen LogP contribution in [0.1, 0.15) is 25.3 Å². The molecule has 0 nitrogen and oxygen atoms in total. The zero-order valence-corrected chi connectivity index (χ0v) is 9.78. The average Bonchev–Trinajstić information content (AvgIpc) is 2.85. The Morgan fingerprint density at radius 3 is 2.64 bits per heavy atom. The Labute approximate surface area is 95.2 Å². The molecule has 14 heavy (non-hydrogen) atoms. The molecule has 0 bridgehead atoms. The topological polar surface area (TPSA) is 0 Å². The van der Waals surface area contributed by atoms with Gasteiger partial charge in [0.25, 0.3) is 0 Å². The number of hydrogen-bond acceptors (Lipinski definition) is 0. The van der Waals surface area contributed by atoms with E-state index in [-0.39, 0.29) is 5.38 Å². The minimum Gasteiger partial charge on any atom is -0.123 e. The van der Waals surface area contributed by atoms with Gasteiger partial charge < -0.3 is 0 Å². The molecule has 1 aliphatic carbocycles. The molecular formula is C12H14Cl2. The largest absolute Gasteiger partial charge is 0.123 e. The maximum Gasteiger partial charge on any atom is 0.0408 e. The van der Waals surface area contributed by atoms with E-state index in [1.165, 1.54) is 18.4 Å². The van der Waals surface area contributed by atoms with Crippen molar-refractivity contribution in [3.63, 3.8) is 0 Å². The third-order valence-electron chi connectivity index (χ3n) is 3.18. The van der Waals surface area contributed by atoms with Crippen LogP contribution in [0.3, 0.4) is 0 Å². The first-order chi connectivity index (χ1) is 6.62. The predicted molar refractivity (Wildman–Crippen MR) is 62.1 cm³/mol. The third-order valence-corrected chi connectivity index (χ3v) is 3.88. The van der Waals surface area contributed by atoms with Gasteiger partial charge in [-0.1, -0.05) is 23.7 Å². The first-order valence-electron chi connectivity index (χ1n) is 5.01. The molecule has 0 N–H and O–H groups in total. The minimum atomic E-state index is 0.265. The molecule has 0 radical (unpaired) electrons. The molecule has 1 unspecified atom stereocenters. The van der Waals surface area contributed by atoms with E-state index in [0.717, 1.165) is 11.4 Å². The van der Waals surface area contributed by atoms with Gasteiger partial charge >= 0.3 is 0 Å². The van der Waals surface area contributed by atoms with Gasteiger partial charge in [-0.05, 0) is 49.3 Å². The fourth-order valence-corrected chi connectivity index (χ4v) is 2.44. The summed E-state index contributed by atoms with van der Waals surface area (Å²) in [6.45, 7) is 2.10. The lowest BCUT2D eigenvalue weighted by Crippen LogP contribution is -2.15. The fraction of sp³-hybridized carbons (Fsp3) is 0.500. The van der Waals surface area contributed by atoms with Crippen molar-refractivity contribution in [2.24, 2.45) is 5.41 Å². The first-order valence-corrected chi connectivity index (χ1v) is 5.82. The van der Waals surface area contributed by atoms with Crippen molar-refractivity contribution in [3.8, 4) is 0 Å². The summed E-state index contributed by atoms with van der Waals surface area (Å²) in [6, 6.07) is 8.09. The second-order valence-corrected chi connectivity index (χ2v) is 5.38. The molecule has 0 amide bonds. The Morgan fingerprint density at radius 1 is 1.43 bits per heavy atom. The number of halogens is 2. The smallest absolute Gasteiger partial charge is 0.0408 e. The van der Waals surface area contributed by atoms with E-state index in [1.807, 2.05) is 18.2 Å². The van der Waals surface area contributed by atoms with E-state index in [1.54, 1.807) is 0 Å². The lowest BCUT2D eigenvalue weighted by atomic mass is 9.94. The maximum atomic E-state index is 6.19. The number of hydrogen-bond donors (Lipinski definition) is 0. The van der Waals surface area contributed by atoms with Gasteiger partial charge in [0.05, 0.1) is 0 Å². The zero-order chi connectivity index (χ0) is 10.2. The third kappa shape index (κ3) is 2.07. The Kier molecular flexibility index (Phi) is 2.77. The average molecular weight is 229 g/mol. The van der Waals surface area contributed by atoms with E-state index in [0.29, 0.717) is 5.41 Å². The van der Waals surface area contributed by atoms with E-state index < -0.39 is 0 Å². The van der Waals surface area contributed by atoms with Crippen molar-refractivity contribution >= 4 is 23.2 Å². The van der Waals surface area contributed by atoms with E-state index >= 15 is 0 Å². The summed E-state index contributed by atoms with van der Waals surface area (Å²) in [6.07, 6.45) is 3.58. The molecule has 1 saturated carbocycles.